The number of hydrogen-bond donors (Lipinski definition) is 1. The van der Waals surface area contributed by atoms with E-state index in [9.17, 15) is 0 Å². The molecule has 0 radical (unpaired) electrons. The second-order valence-corrected chi connectivity index (χ2v) is 10.8. The van der Waals surface area contributed by atoms with Gasteiger partial charge < -0.3 is 33.7 Å². The van der Waals surface area contributed by atoms with Crippen molar-refractivity contribution in [1.29, 1.82) is 0 Å². The second kappa shape index (κ2) is 14.4. The molecular formula is C36H42N2O6. The third-order valence-corrected chi connectivity index (χ3v) is 8.23. The topological polar surface area (TPSA) is 70.7 Å². The lowest BCUT2D eigenvalue weighted by Crippen LogP contribution is -2.51. The summed E-state index contributed by atoms with van der Waals surface area (Å²) in [6.07, 6.45) is 0.964. The van der Waals surface area contributed by atoms with Gasteiger partial charge in [0.15, 0.2) is 23.0 Å². The van der Waals surface area contributed by atoms with E-state index in [2.05, 4.69) is 58.7 Å². The molecule has 1 atom stereocenters. The predicted octanol–water partition coefficient (Wildman–Crippen LogP) is 6.09. The van der Waals surface area contributed by atoms with E-state index in [1.54, 1.807) is 42.7 Å². The number of methoxy groups -OCH3 is 6. The molecule has 5 rings (SSSR count). The van der Waals surface area contributed by atoms with Crippen molar-refractivity contribution >= 4 is 0 Å². The molecule has 1 N–H and O–H groups in total. The second-order valence-electron chi connectivity index (χ2n) is 10.8. The van der Waals surface area contributed by atoms with Crippen LogP contribution in [0, 0.1) is 0 Å². The first kappa shape index (κ1) is 31.0. The fraction of sp³-hybridized carbons (Fsp3) is 0.333. The Kier molecular flexibility index (Phi) is 10.1. The minimum absolute atomic E-state index is 0.394. The Balaban J connectivity index is 1.28. The third-order valence-electron chi connectivity index (χ3n) is 8.23. The zero-order valence-corrected chi connectivity index (χ0v) is 26.4. The Hall–Kier alpha value is -4.40. The molecule has 1 aliphatic heterocycles. The van der Waals surface area contributed by atoms with Crippen molar-refractivity contribution in [2.75, 3.05) is 62.3 Å². The molecule has 232 valence electrons. The normalized spacial score (nSPS) is 15.0. The number of piperazine rings is 1. The summed E-state index contributed by atoms with van der Waals surface area (Å²) in [5.74, 6) is 3.77. The zero-order chi connectivity index (χ0) is 31.1. The molecule has 1 saturated heterocycles. The van der Waals surface area contributed by atoms with Crippen molar-refractivity contribution < 1.29 is 28.4 Å². The van der Waals surface area contributed by atoms with Gasteiger partial charge in [0.1, 0.15) is 0 Å². The molecule has 1 fully saturated rings. The third kappa shape index (κ3) is 6.72. The fourth-order valence-electron chi connectivity index (χ4n) is 5.85. The maximum absolute atomic E-state index is 5.55. The molecule has 0 spiro atoms. The minimum atomic E-state index is 0.394. The van der Waals surface area contributed by atoms with Crippen LogP contribution in [0.4, 0.5) is 0 Å². The van der Waals surface area contributed by atoms with Crippen molar-refractivity contribution in [1.82, 2.24) is 10.2 Å². The molecule has 1 aliphatic rings. The van der Waals surface area contributed by atoms with Crippen molar-refractivity contribution in [3.63, 3.8) is 0 Å². The van der Waals surface area contributed by atoms with Gasteiger partial charge in [-0.15, -0.1) is 0 Å². The van der Waals surface area contributed by atoms with E-state index in [0.29, 0.717) is 40.5 Å². The number of rotatable bonds is 12. The largest absolute Gasteiger partial charge is 0.493 e. The lowest BCUT2D eigenvalue weighted by molar-refractivity contribution is 0.152. The fourth-order valence-corrected chi connectivity index (χ4v) is 5.85. The Morgan fingerprint density at radius 2 is 1.00 bits per heavy atom. The highest BCUT2D eigenvalue weighted by atomic mass is 16.5. The minimum Gasteiger partial charge on any atom is -0.493 e. The first-order chi connectivity index (χ1) is 21.5. The highest BCUT2D eigenvalue weighted by Crippen LogP contribution is 2.42. The summed E-state index contributed by atoms with van der Waals surface area (Å²) < 4.78 is 33.2. The first-order valence-electron chi connectivity index (χ1n) is 14.7. The summed E-state index contributed by atoms with van der Waals surface area (Å²) in [4.78, 5) is 2.58. The maximum Gasteiger partial charge on any atom is 0.203 e. The highest BCUT2D eigenvalue weighted by Gasteiger charge is 2.23. The molecule has 0 aliphatic carbocycles. The van der Waals surface area contributed by atoms with Crippen LogP contribution in [0.5, 0.6) is 34.5 Å². The molecule has 0 aromatic heterocycles. The van der Waals surface area contributed by atoms with E-state index in [1.165, 1.54) is 11.1 Å². The number of nitrogens with zero attached hydrogens (tertiary/aromatic N) is 1. The maximum atomic E-state index is 5.55. The van der Waals surface area contributed by atoms with Gasteiger partial charge in [0.25, 0.3) is 0 Å². The lowest BCUT2D eigenvalue weighted by atomic mass is 9.98. The quantitative estimate of drug-likeness (QED) is 0.210. The molecule has 0 saturated carbocycles. The number of ether oxygens (including phenoxy) is 6. The molecule has 0 amide bonds. The van der Waals surface area contributed by atoms with Crippen LogP contribution in [-0.4, -0.2) is 73.2 Å². The van der Waals surface area contributed by atoms with Gasteiger partial charge in [-0.05, 0) is 64.1 Å². The number of benzene rings is 4. The van der Waals surface area contributed by atoms with Crippen molar-refractivity contribution in [3.8, 4) is 56.8 Å². The van der Waals surface area contributed by atoms with Crippen LogP contribution in [-0.2, 0) is 13.0 Å². The van der Waals surface area contributed by atoms with E-state index >= 15 is 0 Å². The average Bonchev–Trinajstić information content (AvgIpc) is 3.08. The Morgan fingerprint density at radius 3 is 1.41 bits per heavy atom. The van der Waals surface area contributed by atoms with E-state index in [0.717, 1.165) is 54.9 Å². The van der Waals surface area contributed by atoms with Crippen LogP contribution in [0.3, 0.4) is 0 Å². The predicted molar refractivity (Wildman–Crippen MR) is 174 cm³/mol. The zero-order valence-electron chi connectivity index (χ0n) is 26.4. The molecule has 4 aromatic carbocycles. The van der Waals surface area contributed by atoms with E-state index in [-0.39, 0.29) is 0 Å². The summed E-state index contributed by atoms with van der Waals surface area (Å²) in [7, 11) is 9.78. The van der Waals surface area contributed by atoms with Gasteiger partial charge in [0, 0.05) is 32.2 Å². The summed E-state index contributed by atoms with van der Waals surface area (Å²) in [6, 6.07) is 25.8. The van der Waals surface area contributed by atoms with Gasteiger partial charge >= 0.3 is 0 Å². The molecule has 1 unspecified atom stereocenters. The SMILES string of the molecule is COc1cc(-c2ccc(CC3CNCCN3Cc3ccc(-c4cc(OC)c(OC)c(OC)c4)cc3)cc2)cc(OC)c1OC. The van der Waals surface area contributed by atoms with Gasteiger partial charge in [-0.1, -0.05) is 48.5 Å². The molecule has 1 heterocycles. The molecule has 4 aromatic rings. The van der Waals surface area contributed by atoms with E-state index in [4.69, 9.17) is 28.4 Å². The first-order valence-corrected chi connectivity index (χ1v) is 14.7. The molecule has 44 heavy (non-hydrogen) atoms. The summed E-state index contributed by atoms with van der Waals surface area (Å²) in [6.45, 7) is 3.84. The van der Waals surface area contributed by atoms with Gasteiger partial charge in [-0.25, -0.2) is 0 Å². The standard InChI is InChI=1S/C36H42N2O6/c1-39-31-18-28(19-32(40-2)35(31)43-5)26-11-7-24(8-12-26)17-30-22-37-15-16-38(30)23-25-9-13-27(14-10-25)29-20-33(41-3)36(44-6)34(21-29)42-4/h7-14,18-21,30,37H,15-17,22-23H2,1-6H3. The van der Waals surface area contributed by atoms with Gasteiger partial charge in [0.2, 0.25) is 11.5 Å². The van der Waals surface area contributed by atoms with E-state index < -0.39 is 0 Å². The summed E-state index contributed by atoms with van der Waals surface area (Å²) in [5, 5.41) is 3.59. The van der Waals surface area contributed by atoms with Crippen molar-refractivity contribution in [2.24, 2.45) is 0 Å². The van der Waals surface area contributed by atoms with Gasteiger partial charge in [-0.3, -0.25) is 4.90 Å². The Morgan fingerprint density at radius 1 is 0.568 bits per heavy atom. The smallest absolute Gasteiger partial charge is 0.203 e. The lowest BCUT2D eigenvalue weighted by Gasteiger charge is -2.36. The molecule has 0 bridgehead atoms. The van der Waals surface area contributed by atoms with Gasteiger partial charge in [-0.2, -0.15) is 0 Å². The van der Waals surface area contributed by atoms with Crippen molar-refractivity contribution in [2.45, 2.75) is 19.0 Å². The average molecular weight is 599 g/mol. The van der Waals surface area contributed by atoms with Crippen LogP contribution >= 0.6 is 0 Å². The molecule has 8 nitrogen and oxygen atoms in total. The van der Waals surface area contributed by atoms with Crippen LogP contribution < -0.4 is 33.7 Å². The monoisotopic (exact) mass is 598 g/mol. The van der Waals surface area contributed by atoms with Gasteiger partial charge in [0.05, 0.1) is 42.7 Å². The highest BCUT2D eigenvalue weighted by molar-refractivity contribution is 5.72. The van der Waals surface area contributed by atoms with Crippen LogP contribution in [0.15, 0.2) is 72.8 Å². The molecule has 8 heteroatoms. The van der Waals surface area contributed by atoms with E-state index in [1.807, 2.05) is 24.3 Å². The Bertz CT molecular complexity index is 1370. The summed E-state index contributed by atoms with van der Waals surface area (Å²) >= 11 is 0. The van der Waals surface area contributed by atoms with Crippen LogP contribution in [0.2, 0.25) is 0 Å². The van der Waals surface area contributed by atoms with Crippen LogP contribution in [0.1, 0.15) is 11.1 Å². The molecular weight excluding hydrogens is 556 g/mol. The van der Waals surface area contributed by atoms with Crippen molar-refractivity contribution in [3.05, 3.63) is 83.9 Å². The van der Waals surface area contributed by atoms with Crippen LogP contribution in [0.25, 0.3) is 22.3 Å². The summed E-state index contributed by atoms with van der Waals surface area (Å²) in [5.41, 5.74) is 6.81. The number of hydrogen-bond acceptors (Lipinski definition) is 8. The number of nitrogens with one attached hydrogen (secondary N) is 1. The Labute approximate surface area is 260 Å².